The third-order valence-corrected chi connectivity index (χ3v) is 3.09. The molecule has 1 N–H and O–H groups in total. The van der Waals surface area contributed by atoms with Gasteiger partial charge < -0.3 is 4.90 Å². The number of unbranched alkanes of at least 4 members (excludes halogenated alkanes) is 7. The number of hydrogen-bond acceptors (Lipinski definition) is 4. The molecule has 0 radical (unpaired) electrons. The van der Waals surface area contributed by atoms with Crippen molar-refractivity contribution in [3.63, 3.8) is 0 Å². The summed E-state index contributed by atoms with van der Waals surface area (Å²) in [7, 11) is 1.02. The topological polar surface area (TPSA) is 66.8 Å². The second-order valence-electron chi connectivity index (χ2n) is 4.87. The molecule has 19 heavy (non-hydrogen) atoms. The van der Waals surface area contributed by atoms with Crippen molar-refractivity contribution in [2.24, 2.45) is 0 Å². The maximum absolute atomic E-state index is 9.33. The van der Waals surface area contributed by atoms with Crippen molar-refractivity contribution in [2.75, 3.05) is 27.7 Å². The molecule has 0 aromatic heterocycles. The molecule has 0 atom stereocenters. The van der Waals surface area contributed by atoms with Crippen LogP contribution in [-0.4, -0.2) is 45.6 Å². The molecule has 0 aromatic rings. The molecular weight excluding hydrogens is 266 g/mol. The Morgan fingerprint density at radius 3 is 1.63 bits per heavy atom. The van der Waals surface area contributed by atoms with Crippen LogP contribution in [0.4, 0.5) is 0 Å². The SMILES string of the molecule is CCCCCCCCCCN(C)C.COS(=O)(=O)O. The van der Waals surface area contributed by atoms with Crippen molar-refractivity contribution >= 4 is 10.4 Å². The zero-order valence-corrected chi connectivity index (χ0v) is 13.7. The van der Waals surface area contributed by atoms with Gasteiger partial charge in [-0.3, -0.25) is 8.74 Å². The normalized spacial score (nSPS) is 11.3. The summed E-state index contributed by atoms with van der Waals surface area (Å²) in [4.78, 5) is 2.27. The van der Waals surface area contributed by atoms with Crippen LogP contribution >= 0.6 is 0 Å². The highest BCUT2D eigenvalue weighted by atomic mass is 32.3. The van der Waals surface area contributed by atoms with Gasteiger partial charge >= 0.3 is 10.4 Å². The maximum atomic E-state index is 9.33. The summed E-state index contributed by atoms with van der Waals surface area (Å²) in [5.74, 6) is 0. The lowest BCUT2D eigenvalue weighted by Crippen LogP contribution is -2.12. The lowest BCUT2D eigenvalue weighted by atomic mass is 10.1. The Hall–Kier alpha value is -0.170. The van der Waals surface area contributed by atoms with Crippen LogP contribution < -0.4 is 0 Å². The van der Waals surface area contributed by atoms with Gasteiger partial charge in [-0.15, -0.1) is 0 Å². The molecule has 0 fully saturated rings. The van der Waals surface area contributed by atoms with Gasteiger partial charge in [0.2, 0.25) is 0 Å². The molecule has 6 heteroatoms. The summed E-state index contributed by atoms with van der Waals surface area (Å²) in [5.41, 5.74) is 0. The average molecular weight is 297 g/mol. The fourth-order valence-corrected chi connectivity index (χ4v) is 1.56. The standard InChI is InChI=1S/C12H27N.CH4O4S/c1-4-5-6-7-8-9-10-11-12-13(2)3;1-5-6(2,3)4/h4-12H2,1-3H3;1H3,(H,2,3,4). The first-order valence-electron chi connectivity index (χ1n) is 7.01. The predicted molar refractivity (Wildman–Crippen MR) is 79.7 cm³/mol. The van der Waals surface area contributed by atoms with E-state index in [0.717, 1.165) is 7.11 Å². The van der Waals surface area contributed by atoms with Crippen LogP contribution in [-0.2, 0) is 14.6 Å². The van der Waals surface area contributed by atoms with Crippen LogP contribution in [0.5, 0.6) is 0 Å². The molecule has 0 amide bonds. The van der Waals surface area contributed by atoms with E-state index in [9.17, 15) is 8.42 Å². The third kappa shape index (κ3) is 27.1. The van der Waals surface area contributed by atoms with Gasteiger partial charge in [0, 0.05) is 0 Å². The molecule has 118 valence electrons. The van der Waals surface area contributed by atoms with Gasteiger partial charge in [-0.05, 0) is 27.1 Å². The van der Waals surface area contributed by atoms with Crippen molar-refractivity contribution in [3.8, 4) is 0 Å². The van der Waals surface area contributed by atoms with Crippen molar-refractivity contribution in [1.29, 1.82) is 0 Å². The van der Waals surface area contributed by atoms with Gasteiger partial charge in [-0.25, -0.2) is 0 Å². The van der Waals surface area contributed by atoms with Crippen LogP contribution in [0.25, 0.3) is 0 Å². The Balaban J connectivity index is 0. The van der Waals surface area contributed by atoms with Gasteiger partial charge in [0.05, 0.1) is 7.11 Å². The highest BCUT2D eigenvalue weighted by molar-refractivity contribution is 7.80. The van der Waals surface area contributed by atoms with E-state index in [0.29, 0.717) is 0 Å². The summed E-state index contributed by atoms with van der Waals surface area (Å²) >= 11 is 0. The molecule has 0 rings (SSSR count). The molecule has 0 aliphatic carbocycles. The van der Waals surface area contributed by atoms with Crippen molar-refractivity contribution < 1.29 is 17.2 Å². The van der Waals surface area contributed by atoms with E-state index in [1.54, 1.807) is 0 Å². The molecule has 5 nitrogen and oxygen atoms in total. The van der Waals surface area contributed by atoms with E-state index in [1.807, 2.05) is 0 Å². The summed E-state index contributed by atoms with van der Waals surface area (Å²) < 4.78 is 29.7. The van der Waals surface area contributed by atoms with E-state index in [1.165, 1.54) is 57.9 Å². The van der Waals surface area contributed by atoms with Crippen molar-refractivity contribution in [3.05, 3.63) is 0 Å². The Kier molecular flexibility index (Phi) is 15.8. The molecule has 0 spiro atoms. The first-order valence-corrected chi connectivity index (χ1v) is 8.37. The van der Waals surface area contributed by atoms with Crippen LogP contribution in [0.15, 0.2) is 0 Å². The van der Waals surface area contributed by atoms with Gasteiger partial charge in [0.25, 0.3) is 0 Å². The smallest absolute Gasteiger partial charge is 0.309 e. The maximum Gasteiger partial charge on any atom is 0.397 e. The van der Waals surface area contributed by atoms with Crippen LogP contribution in [0.1, 0.15) is 58.3 Å². The zero-order valence-electron chi connectivity index (χ0n) is 12.9. The van der Waals surface area contributed by atoms with Crippen LogP contribution in [0, 0.1) is 0 Å². The lowest BCUT2D eigenvalue weighted by molar-refractivity contribution is 0.324. The lowest BCUT2D eigenvalue weighted by Gasteiger charge is -2.08. The minimum absolute atomic E-state index is 0.870. The average Bonchev–Trinajstić information content (AvgIpc) is 2.32. The summed E-state index contributed by atoms with van der Waals surface area (Å²) in [5, 5.41) is 0. The summed E-state index contributed by atoms with van der Waals surface area (Å²) in [6.45, 7) is 3.53. The van der Waals surface area contributed by atoms with Crippen LogP contribution in [0.3, 0.4) is 0 Å². The highest BCUT2D eigenvalue weighted by Gasteiger charge is 1.94. The fraction of sp³-hybridized carbons (Fsp3) is 1.00. The molecule has 0 bridgehead atoms. The zero-order chi connectivity index (χ0) is 15.1. The number of nitrogens with zero attached hydrogens (tertiary/aromatic N) is 1. The van der Waals surface area contributed by atoms with Crippen molar-refractivity contribution in [1.82, 2.24) is 4.90 Å². The molecule has 0 unspecified atom stereocenters. The fourth-order valence-electron chi connectivity index (χ4n) is 1.56. The van der Waals surface area contributed by atoms with Crippen LogP contribution in [0.2, 0.25) is 0 Å². The molecule has 0 aromatic carbocycles. The Morgan fingerprint density at radius 2 is 1.32 bits per heavy atom. The van der Waals surface area contributed by atoms with E-state index < -0.39 is 10.4 Å². The van der Waals surface area contributed by atoms with Crippen molar-refractivity contribution in [2.45, 2.75) is 58.3 Å². The number of hydrogen-bond donors (Lipinski definition) is 1. The second-order valence-corrected chi connectivity index (χ2v) is 6.06. The van der Waals surface area contributed by atoms with Gasteiger partial charge in [-0.2, -0.15) is 8.42 Å². The molecule has 0 heterocycles. The molecule has 0 aliphatic rings. The third-order valence-electron chi connectivity index (χ3n) is 2.67. The highest BCUT2D eigenvalue weighted by Crippen LogP contribution is 2.08. The van der Waals surface area contributed by atoms with Gasteiger partial charge in [0.1, 0.15) is 0 Å². The minimum Gasteiger partial charge on any atom is -0.309 e. The minimum atomic E-state index is -4.16. The Labute approximate surface area is 119 Å². The van der Waals surface area contributed by atoms with Gasteiger partial charge in [0.15, 0.2) is 0 Å². The monoisotopic (exact) mass is 297 g/mol. The first-order chi connectivity index (χ1) is 8.83. The second kappa shape index (κ2) is 14.2. The largest absolute Gasteiger partial charge is 0.397 e. The summed E-state index contributed by atoms with van der Waals surface area (Å²) in [6, 6.07) is 0. The van der Waals surface area contributed by atoms with Gasteiger partial charge in [-0.1, -0.05) is 51.9 Å². The Bertz CT molecular complexity index is 266. The van der Waals surface area contributed by atoms with E-state index in [-0.39, 0.29) is 0 Å². The number of rotatable bonds is 10. The van der Waals surface area contributed by atoms with E-state index in [2.05, 4.69) is 30.1 Å². The molecular formula is C13H31NO4S. The predicted octanol–water partition coefficient (Wildman–Crippen LogP) is 3.12. The first kappa shape index (κ1) is 21.1. The molecule has 0 aliphatic heterocycles. The van der Waals surface area contributed by atoms with E-state index in [4.69, 9.17) is 4.55 Å². The van der Waals surface area contributed by atoms with E-state index >= 15 is 0 Å². The Morgan fingerprint density at radius 1 is 0.947 bits per heavy atom. The molecule has 0 saturated heterocycles. The summed E-state index contributed by atoms with van der Waals surface area (Å²) in [6.07, 6.45) is 11.4. The molecule has 0 saturated carbocycles. The quantitative estimate of drug-likeness (QED) is 0.495.